The van der Waals surface area contributed by atoms with Gasteiger partial charge in [0.25, 0.3) is 0 Å². The van der Waals surface area contributed by atoms with Crippen LogP contribution in [0.15, 0.2) is 0 Å². The number of hydrogen-bond donors (Lipinski definition) is 3. The second-order valence-electron chi connectivity index (χ2n) is 2.06. The summed E-state index contributed by atoms with van der Waals surface area (Å²) in [6, 6.07) is 0. The van der Waals surface area contributed by atoms with Crippen molar-refractivity contribution in [2.75, 3.05) is 5.88 Å². The molecule has 0 rings (SSSR count). The minimum absolute atomic E-state index is 0.650. The molecule has 0 spiro atoms. The average Bonchev–Trinajstić information content (AvgIpc) is 1.61. The summed E-state index contributed by atoms with van der Waals surface area (Å²) in [5, 5.41) is 0. The van der Waals surface area contributed by atoms with Crippen LogP contribution < -0.4 is 0 Å². The van der Waals surface area contributed by atoms with E-state index < -0.39 is 7.82 Å². The molecular weight excluding hydrogens is 178 g/mol. The molecule has 0 aliphatic heterocycles. The Morgan fingerprint density at radius 2 is 1.50 bits per heavy atom. The summed E-state index contributed by atoms with van der Waals surface area (Å²) in [5.41, 5.74) is 0. The molecule has 0 aromatic heterocycles. The smallest absolute Gasteiger partial charge is 0.303 e. The van der Waals surface area contributed by atoms with Crippen molar-refractivity contribution in [3.05, 3.63) is 0 Å². The highest BCUT2D eigenvalue weighted by Crippen LogP contribution is 2.25. The van der Waals surface area contributed by atoms with Crippen LogP contribution in [0.2, 0.25) is 0 Å². The van der Waals surface area contributed by atoms with Crippen molar-refractivity contribution >= 4 is 19.4 Å². The van der Waals surface area contributed by atoms with Crippen molar-refractivity contribution in [3.8, 4) is 0 Å². The van der Waals surface area contributed by atoms with Gasteiger partial charge in [-0.2, -0.15) is 0 Å². The highest BCUT2D eigenvalue weighted by molar-refractivity contribution is 7.45. The largest absolute Gasteiger partial charge is 0.466 e. The van der Waals surface area contributed by atoms with Crippen molar-refractivity contribution < 1.29 is 19.2 Å². The van der Waals surface area contributed by atoms with Gasteiger partial charge in [-0.3, -0.25) is 0 Å². The van der Waals surface area contributed by atoms with E-state index >= 15 is 0 Å². The van der Waals surface area contributed by atoms with Gasteiger partial charge in [-0.15, -0.1) is 11.6 Å². The van der Waals surface area contributed by atoms with Gasteiger partial charge in [0.2, 0.25) is 0 Å². The average molecular weight is 191 g/mol. The highest BCUT2D eigenvalue weighted by Gasteiger charge is 2.00. The van der Waals surface area contributed by atoms with Gasteiger partial charge in [0, 0.05) is 5.88 Å². The van der Waals surface area contributed by atoms with E-state index in [-0.39, 0.29) is 0 Å². The lowest BCUT2D eigenvalue weighted by Gasteiger charge is -1.88. The Morgan fingerprint density at radius 1 is 1.40 bits per heavy atom. The van der Waals surface area contributed by atoms with E-state index in [1.807, 2.05) is 0 Å². The van der Waals surface area contributed by atoms with Gasteiger partial charge in [-0.05, 0) is 5.92 Å². The fourth-order valence-corrected chi connectivity index (χ4v) is 0. The molecule has 0 radical (unpaired) electrons. The van der Waals surface area contributed by atoms with Gasteiger partial charge in [-0.1, -0.05) is 13.8 Å². The Bertz CT molecular complexity index is 102. The summed E-state index contributed by atoms with van der Waals surface area (Å²) in [4.78, 5) is 21.6. The summed E-state index contributed by atoms with van der Waals surface area (Å²) in [5.74, 6) is 1.43. The van der Waals surface area contributed by atoms with Gasteiger partial charge >= 0.3 is 7.82 Å². The first-order chi connectivity index (χ1) is 4.27. The predicted molar refractivity (Wildman–Crippen MR) is 39.8 cm³/mol. The first-order valence-corrected chi connectivity index (χ1v) is 4.71. The van der Waals surface area contributed by atoms with Crippen LogP contribution >= 0.6 is 19.4 Å². The van der Waals surface area contributed by atoms with Crippen LogP contribution in [0.5, 0.6) is 0 Å². The molecule has 0 atom stereocenters. The van der Waals surface area contributed by atoms with Crippen LogP contribution in [0.1, 0.15) is 13.8 Å². The molecule has 0 unspecified atom stereocenters. The van der Waals surface area contributed by atoms with Crippen molar-refractivity contribution in [2.45, 2.75) is 13.8 Å². The third kappa shape index (κ3) is 79.9. The number of rotatable bonds is 1. The molecule has 3 N–H and O–H groups in total. The topological polar surface area (TPSA) is 77.8 Å². The zero-order chi connectivity index (χ0) is 8.78. The number of phosphoric acid groups is 1. The zero-order valence-corrected chi connectivity index (χ0v) is 7.51. The van der Waals surface area contributed by atoms with Gasteiger partial charge in [0.05, 0.1) is 0 Å². The van der Waals surface area contributed by atoms with Crippen LogP contribution in [0.4, 0.5) is 0 Å². The Kier molecular flexibility index (Phi) is 7.99. The van der Waals surface area contributed by atoms with Crippen LogP contribution in [0.3, 0.4) is 0 Å². The van der Waals surface area contributed by atoms with Crippen LogP contribution in [-0.2, 0) is 4.57 Å². The minimum Gasteiger partial charge on any atom is -0.303 e. The summed E-state index contributed by atoms with van der Waals surface area (Å²) in [6.07, 6.45) is 0. The quantitative estimate of drug-likeness (QED) is 0.425. The third-order valence-electron chi connectivity index (χ3n) is 0.309. The maximum Gasteiger partial charge on any atom is 0.466 e. The van der Waals surface area contributed by atoms with Gasteiger partial charge in [0.15, 0.2) is 0 Å². The monoisotopic (exact) mass is 190 g/mol. The summed E-state index contributed by atoms with van der Waals surface area (Å²) < 4.78 is 8.88. The van der Waals surface area contributed by atoms with E-state index in [4.69, 9.17) is 30.8 Å². The Balaban J connectivity index is 0. The fourth-order valence-electron chi connectivity index (χ4n) is 0. The van der Waals surface area contributed by atoms with Crippen LogP contribution in [-0.4, -0.2) is 20.6 Å². The lowest BCUT2D eigenvalue weighted by atomic mass is 10.3. The first-order valence-electron chi connectivity index (χ1n) is 2.61. The zero-order valence-electron chi connectivity index (χ0n) is 5.86. The lowest BCUT2D eigenvalue weighted by molar-refractivity contribution is 0.275. The lowest BCUT2D eigenvalue weighted by Crippen LogP contribution is -1.83. The minimum atomic E-state index is -4.64. The van der Waals surface area contributed by atoms with E-state index in [2.05, 4.69) is 13.8 Å². The summed E-state index contributed by atoms with van der Waals surface area (Å²) in [7, 11) is -4.64. The Hall–Kier alpha value is 0.400. The van der Waals surface area contributed by atoms with Gasteiger partial charge in [-0.25, -0.2) is 4.57 Å². The normalized spacial score (nSPS) is 10.7. The maximum atomic E-state index is 8.88. The second-order valence-corrected chi connectivity index (χ2v) is 3.40. The fraction of sp³-hybridized carbons (Fsp3) is 1.00. The predicted octanol–water partition coefficient (Wildman–Crippen LogP) is 0.953. The maximum absolute atomic E-state index is 8.88. The van der Waals surface area contributed by atoms with E-state index in [0.717, 1.165) is 5.88 Å². The molecule has 0 aromatic carbocycles. The second kappa shape index (κ2) is 6.13. The first kappa shape index (κ1) is 13.0. The summed E-state index contributed by atoms with van der Waals surface area (Å²) >= 11 is 5.34. The van der Waals surface area contributed by atoms with E-state index in [0.29, 0.717) is 5.92 Å². The molecule has 0 saturated carbocycles. The molecule has 0 bridgehead atoms. The van der Waals surface area contributed by atoms with E-state index in [1.165, 1.54) is 0 Å². The highest BCUT2D eigenvalue weighted by atomic mass is 35.5. The standard InChI is InChI=1S/C4H9Cl.H3O4P/c1-4(2)3-5;1-5(2,3)4/h4H,3H2,1-2H3;(H3,1,2,3,4). The Morgan fingerprint density at radius 3 is 1.50 bits per heavy atom. The van der Waals surface area contributed by atoms with Crippen LogP contribution in [0.25, 0.3) is 0 Å². The van der Waals surface area contributed by atoms with E-state index in [1.54, 1.807) is 0 Å². The summed E-state index contributed by atoms with van der Waals surface area (Å²) in [6.45, 7) is 4.18. The number of halogens is 1. The number of alkyl halides is 1. The molecule has 0 saturated heterocycles. The SMILES string of the molecule is CC(C)CCl.O=P(O)(O)O. The molecule has 0 fully saturated rings. The molecule has 6 heteroatoms. The molecule has 64 valence electrons. The molecule has 4 nitrogen and oxygen atoms in total. The van der Waals surface area contributed by atoms with Crippen LogP contribution in [0, 0.1) is 5.92 Å². The van der Waals surface area contributed by atoms with E-state index in [9.17, 15) is 0 Å². The van der Waals surface area contributed by atoms with Gasteiger partial charge < -0.3 is 14.7 Å². The Labute approximate surface area is 65.1 Å². The third-order valence-corrected chi connectivity index (χ3v) is 0.926. The molecule has 0 aliphatic rings. The van der Waals surface area contributed by atoms with Crippen molar-refractivity contribution in [1.82, 2.24) is 0 Å². The molecule has 0 heterocycles. The van der Waals surface area contributed by atoms with Crippen molar-refractivity contribution in [3.63, 3.8) is 0 Å². The van der Waals surface area contributed by atoms with Crippen molar-refractivity contribution in [2.24, 2.45) is 5.92 Å². The van der Waals surface area contributed by atoms with Crippen molar-refractivity contribution in [1.29, 1.82) is 0 Å². The molecule has 0 aliphatic carbocycles. The molecule has 10 heavy (non-hydrogen) atoms. The van der Waals surface area contributed by atoms with Gasteiger partial charge in [0.1, 0.15) is 0 Å². The molecular formula is C4H12ClO4P. The molecule has 0 aromatic rings. The molecule has 0 amide bonds. The number of hydrogen-bond acceptors (Lipinski definition) is 1.